The highest BCUT2D eigenvalue weighted by Gasteiger charge is 2.18. The van der Waals surface area contributed by atoms with Crippen LogP contribution in [0.1, 0.15) is 12.8 Å². The van der Waals surface area contributed by atoms with Crippen LogP contribution in [0.3, 0.4) is 0 Å². The van der Waals surface area contributed by atoms with Gasteiger partial charge in [-0.05, 0) is 12.8 Å². The third-order valence-electron chi connectivity index (χ3n) is 3.50. The molecule has 10 nitrogen and oxygen atoms in total. The van der Waals surface area contributed by atoms with Crippen LogP contribution in [0.2, 0.25) is 0 Å². The SMILES string of the molecule is Nc1cnn(CCC(O)C(O)CO)c1NCCC(O)C(O)CO. The molecule has 1 aromatic heterocycles. The molecular weight excluding hydrogens is 308 g/mol. The molecule has 1 aromatic rings. The van der Waals surface area contributed by atoms with Crippen molar-refractivity contribution in [3.8, 4) is 0 Å². The summed E-state index contributed by atoms with van der Waals surface area (Å²) in [6, 6.07) is 0. The molecule has 0 saturated heterocycles. The van der Waals surface area contributed by atoms with Crippen molar-refractivity contribution in [2.75, 3.05) is 30.8 Å². The summed E-state index contributed by atoms with van der Waals surface area (Å²) in [5, 5.41) is 62.3. The van der Waals surface area contributed by atoms with Crippen molar-refractivity contribution in [1.82, 2.24) is 9.78 Å². The fourth-order valence-corrected chi connectivity index (χ4v) is 1.98. The van der Waals surface area contributed by atoms with E-state index in [-0.39, 0.29) is 25.9 Å². The Morgan fingerprint density at radius 1 is 1.00 bits per heavy atom. The quantitative estimate of drug-likeness (QED) is 0.211. The van der Waals surface area contributed by atoms with E-state index in [9.17, 15) is 20.4 Å². The summed E-state index contributed by atoms with van der Waals surface area (Å²) < 4.78 is 1.50. The van der Waals surface area contributed by atoms with Crippen LogP contribution in [-0.2, 0) is 6.54 Å². The number of nitrogen functional groups attached to an aromatic ring is 1. The van der Waals surface area contributed by atoms with Crippen LogP contribution >= 0.6 is 0 Å². The van der Waals surface area contributed by atoms with Gasteiger partial charge in [0.2, 0.25) is 0 Å². The number of hydrogen-bond acceptors (Lipinski definition) is 9. The molecule has 9 N–H and O–H groups in total. The van der Waals surface area contributed by atoms with Crippen molar-refractivity contribution >= 4 is 11.5 Å². The van der Waals surface area contributed by atoms with E-state index in [2.05, 4.69) is 10.4 Å². The van der Waals surface area contributed by atoms with Gasteiger partial charge >= 0.3 is 0 Å². The molecule has 23 heavy (non-hydrogen) atoms. The Hall–Kier alpha value is -1.43. The van der Waals surface area contributed by atoms with Gasteiger partial charge in [-0.15, -0.1) is 0 Å². The molecule has 1 heterocycles. The number of aliphatic hydroxyl groups is 6. The lowest BCUT2D eigenvalue weighted by atomic mass is 10.1. The van der Waals surface area contributed by atoms with E-state index in [0.717, 1.165) is 0 Å². The Morgan fingerprint density at radius 2 is 1.57 bits per heavy atom. The monoisotopic (exact) mass is 334 g/mol. The predicted molar refractivity (Wildman–Crippen MR) is 82.6 cm³/mol. The number of nitrogens with zero attached hydrogens (tertiary/aromatic N) is 2. The molecule has 134 valence electrons. The zero-order valence-electron chi connectivity index (χ0n) is 12.8. The highest BCUT2D eigenvalue weighted by molar-refractivity contribution is 5.60. The Kier molecular flexibility index (Phi) is 8.23. The Balaban J connectivity index is 2.51. The van der Waals surface area contributed by atoms with E-state index in [1.165, 1.54) is 10.9 Å². The second-order valence-corrected chi connectivity index (χ2v) is 5.31. The largest absolute Gasteiger partial charge is 0.394 e. The van der Waals surface area contributed by atoms with E-state index in [0.29, 0.717) is 11.5 Å². The summed E-state index contributed by atoms with van der Waals surface area (Å²) in [4.78, 5) is 0. The highest BCUT2D eigenvalue weighted by atomic mass is 16.4. The number of aromatic nitrogens is 2. The number of nitrogens with two attached hydrogens (primary N) is 1. The van der Waals surface area contributed by atoms with E-state index >= 15 is 0 Å². The van der Waals surface area contributed by atoms with Crippen molar-refractivity contribution in [3.05, 3.63) is 6.20 Å². The lowest BCUT2D eigenvalue weighted by molar-refractivity contribution is -0.0196. The molecule has 0 spiro atoms. The van der Waals surface area contributed by atoms with Gasteiger partial charge in [0.05, 0.1) is 37.3 Å². The summed E-state index contributed by atoms with van der Waals surface area (Å²) in [5.74, 6) is 0.487. The fourth-order valence-electron chi connectivity index (χ4n) is 1.98. The fraction of sp³-hybridized carbons (Fsp3) is 0.769. The standard InChI is InChI=1S/C13H26N4O6/c14-8-5-16-17(4-2-10(21)12(23)7-19)13(8)15-3-1-9(20)11(22)6-18/h5,9-12,15,18-23H,1-4,6-7,14H2. The Labute approximate surface area is 133 Å². The number of hydrogen-bond donors (Lipinski definition) is 8. The van der Waals surface area contributed by atoms with Crippen molar-refractivity contribution in [1.29, 1.82) is 0 Å². The molecule has 4 atom stereocenters. The number of aryl methyl sites for hydroxylation is 1. The minimum atomic E-state index is -1.21. The number of nitrogens with one attached hydrogen (secondary N) is 1. The molecule has 4 unspecified atom stereocenters. The van der Waals surface area contributed by atoms with Gasteiger partial charge in [0.25, 0.3) is 0 Å². The summed E-state index contributed by atoms with van der Waals surface area (Å²) in [6.07, 6.45) is -2.77. The molecular formula is C13H26N4O6. The maximum Gasteiger partial charge on any atom is 0.147 e. The molecule has 0 saturated carbocycles. The third-order valence-corrected chi connectivity index (χ3v) is 3.50. The minimum absolute atomic E-state index is 0.170. The molecule has 1 rings (SSSR count). The Morgan fingerprint density at radius 3 is 2.13 bits per heavy atom. The Bertz CT molecular complexity index is 458. The number of anilines is 2. The van der Waals surface area contributed by atoms with Crippen molar-refractivity contribution in [2.45, 2.75) is 43.8 Å². The first-order valence-electron chi connectivity index (χ1n) is 7.39. The molecule has 0 aliphatic heterocycles. The van der Waals surface area contributed by atoms with Gasteiger partial charge in [0, 0.05) is 13.1 Å². The first-order valence-corrected chi connectivity index (χ1v) is 7.39. The molecule has 10 heteroatoms. The zero-order valence-corrected chi connectivity index (χ0v) is 12.8. The predicted octanol–water partition coefficient (Wildman–Crippen LogP) is -2.91. The van der Waals surface area contributed by atoms with Crippen molar-refractivity contribution < 1.29 is 30.6 Å². The van der Waals surface area contributed by atoms with Gasteiger partial charge < -0.3 is 41.7 Å². The first kappa shape index (κ1) is 19.6. The third kappa shape index (κ3) is 5.94. The van der Waals surface area contributed by atoms with E-state index in [4.69, 9.17) is 15.9 Å². The molecule has 0 radical (unpaired) electrons. The van der Waals surface area contributed by atoms with Gasteiger partial charge in [-0.3, -0.25) is 0 Å². The maximum atomic E-state index is 9.63. The average Bonchev–Trinajstić information content (AvgIpc) is 2.91. The van der Waals surface area contributed by atoms with Gasteiger partial charge in [-0.25, -0.2) is 4.68 Å². The molecule has 0 aliphatic rings. The molecule has 0 amide bonds. The smallest absolute Gasteiger partial charge is 0.147 e. The van der Waals surface area contributed by atoms with Crippen molar-refractivity contribution in [2.24, 2.45) is 0 Å². The van der Waals surface area contributed by atoms with Crippen molar-refractivity contribution in [3.63, 3.8) is 0 Å². The summed E-state index contributed by atoms with van der Waals surface area (Å²) in [7, 11) is 0. The van der Waals surface area contributed by atoms with Crippen LogP contribution in [-0.4, -0.2) is 84.6 Å². The van der Waals surface area contributed by atoms with E-state index in [1.807, 2.05) is 0 Å². The van der Waals surface area contributed by atoms with Crippen LogP contribution in [0.25, 0.3) is 0 Å². The summed E-state index contributed by atoms with van der Waals surface area (Å²) in [6.45, 7) is -0.500. The lowest BCUT2D eigenvalue weighted by Gasteiger charge is -2.18. The zero-order chi connectivity index (χ0) is 17.4. The van der Waals surface area contributed by atoms with E-state index in [1.54, 1.807) is 0 Å². The summed E-state index contributed by atoms with van der Waals surface area (Å²) >= 11 is 0. The topological polar surface area (TPSA) is 177 Å². The van der Waals surface area contributed by atoms with Gasteiger partial charge in [-0.2, -0.15) is 5.10 Å². The molecule has 0 fully saturated rings. The van der Waals surface area contributed by atoms with Crippen LogP contribution in [0, 0.1) is 0 Å². The second kappa shape index (κ2) is 9.65. The lowest BCUT2D eigenvalue weighted by Crippen LogP contribution is -2.31. The normalized spacial score (nSPS) is 16.8. The van der Waals surface area contributed by atoms with Gasteiger partial charge in [-0.1, -0.05) is 0 Å². The number of aliphatic hydroxyl groups excluding tert-OH is 6. The molecule has 0 bridgehead atoms. The van der Waals surface area contributed by atoms with E-state index < -0.39 is 37.6 Å². The first-order chi connectivity index (χ1) is 10.9. The minimum Gasteiger partial charge on any atom is -0.394 e. The van der Waals surface area contributed by atoms with Crippen LogP contribution in [0.15, 0.2) is 6.20 Å². The number of rotatable bonds is 11. The maximum absolute atomic E-state index is 9.63. The van der Waals surface area contributed by atoms with Gasteiger partial charge in [0.1, 0.15) is 18.0 Å². The van der Waals surface area contributed by atoms with Crippen LogP contribution in [0.4, 0.5) is 11.5 Å². The molecule has 0 aliphatic carbocycles. The van der Waals surface area contributed by atoms with Crippen LogP contribution < -0.4 is 11.1 Å². The average molecular weight is 334 g/mol. The van der Waals surface area contributed by atoms with Crippen LogP contribution in [0.5, 0.6) is 0 Å². The highest BCUT2D eigenvalue weighted by Crippen LogP contribution is 2.18. The van der Waals surface area contributed by atoms with Gasteiger partial charge in [0.15, 0.2) is 0 Å². The second-order valence-electron chi connectivity index (χ2n) is 5.31. The summed E-state index contributed by atoms with van der Waals surface area (Å²) in [5.41, 5.74) is 6.16. The molecule has 0 aromatic carbocycles.